The molecule has 0 fully saturated rings. The zero-order chi connectivity index (χ0) is 21.2. The maximum Gasteiger partial charge on any atom is 0.337 e. The summed E-state index contributed by atoms with van der Waals surface area (Å²) in [6, 6.07) is 13.4. The van der Waals surface area contributed by atoms with Gasteiger partial charge in [-0.25, -0.2) is 4.79 Å². The van der Waals surface area contributed by atoms with Gasteiger partial charge in [-0.05, 0) is 61.9 Å². The minimum absolute atomic E-state index is 0.0313. The number of hydrogen-bond acceptors (Lipinski definition) is 5. The largest absolute Gasteiger partial charge is 0.484 e. The molecule has 1 amide bonds. The first kappa shape index (κ1) is 21.9. The molecule has 6 nitrogen and oxygen atoms in total. The number of esters is 1. The molecule has 0 N–H and O–H groups in total. The van der Waals surface area contributed by atoms with Gasteiger partial charge in [0.15, 0.2) is 12.4 Å². The third-order valence-electron chi connectivity index (χ3n) is 4.38. The fourth-order valence-corrected chi connectivity index (χ4v) is 2.64. The van der Waals surface area contributed by atoms with Crippen molar-refractivity contribution in [3.63, 3.8) is 0 Å². The number of carbonyl (C=O) groups excluding carboxylic acids is 3. The van der Waals surface area contributed by atoms with Crippen LogP contribution in [-0.2, 0) is 9.53 Å². The number of benzene rings is 2. The van der Waals surface area contributed by atoms with Crippen molar-refractivity contribution in [2.75, 3.05) is 26.8 Å². The van der Waals surface area contributed by atoms with E-state index in [2.05, 4.69) is 4.74 Å². The quantitative estimate of drug-likeness (QED) is 0.368. The van der Waals surface area contributed by atoms with Crippen LogP contribution in [0.1, 0.15) is 40.1 Å². The number of rotatable bonds is 9. The molecule has 29 heavy (non-hydrogen) atoms. The SMILES string of the molecule is CCN(CC)C(=O)COc1ccc(C(=O)/C=C/c2ccc(C(=O)OC)cc2)cc1. The highest BCUT2D eigenvalue weighted by Gasteiger charge is 2.10. The smallest absolute Gasteiger partial charge is 0.337 e. The summed E-state index contributed by atoms with van der Waals surface area (Å²) >= 11 is 0. The van der Waals surface area contributed by atoms with E-state index in [1.54, 1.807) is 59.5 Å². The van der Waals surface area contributed by atoms with Gasteiger partial charge in [-0.15, -0.1) is 0 Å². The zero-order valence-electron chi connectivity index (χ0n) is 16.9. The fraction of sp³-hybridized carbons (Fsp3) is 0.261. The molecule has 0 aliphatic heterocycles. The fourth-order valence-electron chi connectivity index (χ4n) is 2.64. The average Bonchev–Trinajstić information content (AvgIpc) is 2.77. The first-order valence-corrected chi connectivity index (χ1v) is 9.39. The van der Waals surface area contributed by atoms with Crippen LogP contribution in [0.4, 0.5) is 0 Å². The van der Waals surface area contributed by atoms with E-state index in [0.29, 0.717) is 30.0 Å². The molecule has 2 aromatic rings. The van der Waals surface area contributed by atoms with E-state index in [4.69, 9.17) is 4.74 Å². The average molecular weight is 395 g/mol. The van der Waals surface area contributed by atoms with Gasteiger partial charge in [0.1, 0.15) is 5.75 Å². The molecular weight excluding hydrogens is 370 g/mol. The number of ether oxygens (including phenoxy) is 2. The molecule has 2 aromatic carbocycles. The lowest BCUT2D eigenvalue weighted by Gasteiger charge is -2.18. The molecule has 0 heterocycles. The molecule has 0 bridgehead atoms. The van der Waals surface area contributed by atoms with Crippen LogP contribution in [0.15, 0.2) is 54.6 Å². The van der Waals surface area contributed by atoms with Crippen molar-refractivity contribution in [3.8, 4) is 5.75 Å². The summed E-state index contributed by atoms with van der Waals surface area (Å²) in [5, 5.41) is 0. The molecule has 0 atom stereocenters. The van der Waals surface area contributed by atoms with Crippen molar-refractivity contribution in [1.82, 2.24) is 4.90 Å². The first-order valence-electron chi connectivity index (χ1n) is 9.39. The van der Waals surface area contributed by atoms with Crippen LogP contribution in [-0.4, -0.2) is 49.4 Å². The number of methoxy groups -OCH3 is 1. The highest BCUT2D eigenvalue weighted by atomic mass is 16.5. The lowest BCUT2D eigenvalue weighted by atomic mass is 10.1. The number of hydrogen-bond donors (Lipinski definition) is 0. The van der Waals surface area contributed by atoms with Gasteiger partial charge in [0, 0.05) is 18.7 Å². The van der Waals surface area contributed by atoms with Crippen molar-refractivity contribution < 1.29 is 23.9 Å². The molecule has 0 aromatic heterocycles. The normalized spacial score (nSPS) is 10.6. The van der Waals surface area contributed by atoms with Crippen molar-refractivity contribution in [3.05, 3.63) is 71.3 Å². The Labute approximate surface area is 170 Å². The highest BCUT2D eigenvalue weighted by Crippen LogP contribution is 2.14. The van der Waals surface area contributed by atoms with Crippen LogP contribution < -0.4 is 4.74 Å². The van der Waals surface area contributed by atoms with E-state index in [9.17, 15) is 14.4 Å². The third kappa shape index (κ3) is 6.31. The Morgan fingerprint density at radius 2 is 1.48 bits per heavy atom. The van der Waals surface area contributed by atoms with Crippen LogP contribution in [0.5, 0.6) is 5.75 Å². The minimum atomic E-state index is -0.405. The van der Waals surface area contributed by atoms with Gasteiger partial charge in [-0.1, -0.05) is 18.2 Å². The number of nitrogens with zero attached hydrogens (tertiary/aromatic N) is 1. The summed E-state index contributed by atoms with van der Waals surface area (Å²) in [4.78, 5) is 37.4. The first-order chi connectivity index (χ1) is 14.0. The van der Waals surface area contributed by atoms with Gasteiger partial charge < -0.3 is 14.4 Å². The van der Waals surface area contributed by atoms with Crippen LogP contribution >= 0.6 is 0 Å². The molecule has 0 spiro atoms. The van der Waals surface area contributed by atoms with E-state index < -0.39 is 5.97 Å². The van der Waals surface area contributed by atoms with Gasteiger partial charge in [0.25, 0.3) is 5.91 Å². The number of amides is 1. The third-order valence-corrected chi connectivity index (χ3v) is 4.38. The summed E-state index contributed by atoms with van der Waals surface area (Å²) in [7, 11) is 1.33. The van der Waals surface area contributed by atoms with Crippen LogP contribution in [0.3, 0.4) is 0 Å². The van der Waals surface area contributed by atoms with Crippen LogP contribution in [0, 0.1) is 0 Å². The molecule has 0 radical (unpaired) electrons. The Morgan fingerprint density at radius 3 is 2.03 bits per heavy atom. The lowest BCUT2D eigenvalue weighted by molar-refractivity contribution is -0.132. The topological polar surface area (TPSA) is 72.9 Å². The van der Waals surface area contributed by atoms with Crippen LogP contribution in [0.25, 0.3) is 6.08 Å². The second kappa shape index (κ2) is 10.8. The Kier molecular flexibility index (Phi) is 8.15. The van der Waals surface area contributed by atoms with Crippen molar-refractivity contribution in [2.24, 2.45) is 0 Å². The Morgan fingerprint density at radius 1 is 0.897 bits per heavy atom. The van der Waals surface area contributed by atoms with Gasteiger partial charge >= 0.3 is 5.97 Å². The summed E-state index contributed by atoms with van der Waals surface area (Å²) in [6.45, 7) is 5.09. The summed E-state index contributed by atoms with van der Waals surface area (Å²) in [6.07, 6.45) is 3.14. The number of allylic oxidation sites excluding steroid dienone is 1. The van der Waals surface area contributed by atoms with Gasteiger partial charge in [-0.3, -0.25) is 9.59 Å². The van der Waals surface area contributed by atoms with Gasteiger partial charge in [-0.2, -0.15) is 0 Å². The molecule has 0 saturated carbocycles. The molecule has 0 saturated heterocycles. The monoisotopic (exact) mass is 395 g/mol. The van der Waals surface area contributed by atoms with E-state index in [-0.39, 0.29) is 18.3 Å². The van der Waals surface area contributed by atoms with Crippen LogP contribution in [0.2, 0.25) is 0 Å². The standard InChI is InChI=1S/C23H25NO5/c1-4-24(5-2)22(26)16-29-20-13-11-18(12-14-20)21(25)15-8-17-6-9-19(10-7-17)23(27)28-3/h6-15H,4-5,16H2,1-3H3/b15-8+. The predicted molar refractivity (Wildman–Crippen MR) is 111 cm³/mol. The Balaban J connectivity index is 1.93. The summed E-state index contributed by atoms with van der Waals surface area (Å²) in [5.41, 5.74) is 1.75. The zero-order valence-corrected chi connectivity index (χ0v) is 16.9. The second-order valence-corrected chi connectivity index (χ2v) is 6.19. The number of ketones is 1. The molecule has 0 unspecified atom stereocenters. The van der Waals surface area contributed by atoms with Gasteiger partial charge in [0.2, 0.25) is 0 Å². The van der Waals surface area contributed by atoms with E-state index >= 15 is 0 Å². The summed E-state index contributed by atoms with van der Waals surface area (Å²) in [5.74, 6) is -0.105. The molecule has 0 aliphatic carbocycles. The summed E-state index contributed by atoms with van der Waals surface area (Å²) < 4.78 is 10.2. The molecule has 2 rings (SSSR count). The van der Waals surface area contributed by atoms with Crippen molar-refractivity contribution in [2.45, 2.75) is 13.8 Å². The maximum atomic E-state index is 12.3. The maximum absolute atomic E-state index is 12.3. The Hall–Kier alpha value is -3.41. The van der Waals surface area contributed by atoms with E-state index in [0.717, 1.165) is 5.56 Å². The van der Waals surface area contributed by atoms with E-state index in [1.807, 2.05) is 13.8 Å². The Bertz CT molecular complexity index is 865. The number of carbonyl (C=O) groups is 3. The lowest BCUT2D eigenvalue weighted by Crippen LogP contribution is -2.34. The second-order valence-electron chi connectivity index (χ2n) is 6.19. The predicted octanol–water partition coefficient (Wildman–Crippen LogP) is 3.62. The molecule has 6 heteroatoms. The van der Waals surface area contributed by atoms with E-state index in [1.165, 1.54) is 13.2 Å². The van der Waals surface area contributed by atoms with Crippen molar-refractivity contribution in [1.29, 1.82) is 0 Å². The molecular formula is C23H25NO5. The highest BCUT2D eigenvalue weighted by molar-refractivity contribution is 6.06. The van der Waals surface area contributed by atoms with Gasteiger partial charge in [0.05, 0.1) is 12.7 Å². The van der Waals surface area contributed by atoms with Crippen molar-refractivity contribution >= 4 is 23.7 Å². The molecule has 0 aliphatic rings. The minimum Gasteiger partial charge on any atom is -0.484 e. The number of likely N-dealkylation sites (N-methyl/N-ethyl adjacent to an activating group) is 1. The molecule has 152 valence electrons.